The van der Waals surface area contributed by atoms with Crippen molar-refractivity contribution in [3.8, 4) is 5.75 Å². The van der Waals surface area contributed by atoms with Crippen molar-refractivity contribution in [1.82, 2.24) is 0 Å². The Balaban J connectivity index is 0.000000108. The van der Waals surface area contributed by atoms with Crippen LogP contribution in [-0.2, 0) is 35.2 Å². The molecular weight excluding hydrogens is 1720 g/mol. The van der Waals surface area contributed by atoms with Crippen molar-refractivity contribution in [2.75, 3.05) is 75.3 Å². The highest BCUT2D eigenvalue weighted by Crippen LogP contribution is 2.58. The minimum Gasteiger partial charge on any atom is -0.493 e. The fourth-order valence-corrected chi connectivity index (χ4v) is 24.8. The molecule has 5 aromatic heterocycles. The van der Waals surface area contributed by atoms with E-state index in [1.807, 2.05) is 66.7 Å². The van der Waals surface area contributed by atoms with Gasteiger partial charge in [0.15, 0.2) is 34.7 Å². The second kappa shape index (κ2) is 36.7. The van der Waals surface area contributed by atoms with Gasteiger partial charge in [-0.25, -0.2) is 0 Å². The van der Waals surface area contributed by atoms with E-state index >= 15 is 0 Å². The van der Waals surface area contributed by atoms with Gasteiger partial charge in [-0.2, -0.15) is 0 Å². The van der Waals surface area contributed by atoms with E-state index < -0.39 is 0 Å². The van der Waals surface area contributed by atoms with Gasteiger partial charge in [-0.15, -0.1) is 0 Å². The quantitative estimate of drug-likeness (QED) is 0.105. The molecule has 15 aromatic rings. The Hall–Kier alpha value is -11.9. The number of carbonyl (C=O) groups excluding carboxylic acids is 6. The first-order chi connectivity index (χ1) is 61.7. The highest BCUT2D eigenvalue weighted by Gasteiger charge is 2.36. The first-order valence-electron chi connectivity index (χ1n) is 42.9. The summed E-state index contributed by atoms with van der Waals surface area (Å²) < 4.78 is 35.2. The normalized spacial score (nSPS) is 16.3. The first-order valence-corrected chi connectivity index (χ1v) is 47.8. The molecule has 650 valence electrons. The number of rotatable bonds is 12. The number of para-hydroxylation sites is 1. The number of allylic oxidation sites excluding steroid dienone is 6. The summed E-state index contributed by atoms with van der Waals surface area (Å²) in [4.78, 5) is 89.1. The Morgan fingerprint density at radius 1 is 0.305 bits per heavy atom. The number of nitrogens with zero attached hydrogens (tertiary/aromatic N) is 6. The SMILES string of the molecule is CCN1/C(=C/C(C)=O)Sc2ccc3c(c21)CCO3.CCN1/C(=C/C(C)=O)Sc2ccc3oc4cc(C)c(C)cc4c3c21.CCN1/C(=C/C(C)=O)Sc2ccc3oc4cc(C)ccc4c3c21.CCN1/C(=C/C(C)=O)Sc2ccc3oc4ccc(C)cc4c3c21.CCN1/C(=C/C(C)=O)Sc2ccc3oc4ccccc4c3c21.CCN1/C(=C/C(C)=O)Sc2ccc3occc3c21. The van der Waals surface area contributed by atoms with Crippen LogP contribution in [0.2, 0.25) is 0 Å². The summed E-state index contributed by atoms with van der Waals surface area (Å²) in [6, 6.07) is 51.6. The number of furan rings is 5. The largest absolute Gasteiger partial charge is 0.493 e. The van der Waals surface area contributed by atoms with Crippen molar-refractivity contribution in [3.05, 3.63) is 252 Å². The Morgan fingerprint density at radius 2 is 0.625 bits per heavy atom. The average molecular weight is 1810 g/mol. The number of carbonyl (C=O) groups is 6. The number of hydrogen-bond acceptors (Lipinski definition) is 24. The van der Waals surface area contributed by atoms with Crippen molar-refractivity contribution >= 4 is 238 Å². The zero-order chi connectivity index (χ0) is 89.9. The zero-order valence-electron chi connectivity index (χ0n) is 74.2. The second-order valence-corrected chi connectivity index (χ2v) is 38.2. The lowest BCUT2D eigenvalue weighted by Gasteiger charge is -2.19. The van der Waals surface area contributed by atoms with E-state index in [-0.39, 0.29) is 34.7 Å². The Bertz CT molecular complexity index is 7350. The maximum Gasteiger partial charge on any atom is 0.155 e. The average Bonchev–Trinajstić information content (AvgIpc) is 1.59. The van der Waals surface area contributed by atoms with Gasteiger partial charge < -0.3 is 56.2 Å². The van der Waals surface area contributed by atoms with Crippen LogP contribution in [0, 0.1) is 27.7 Å². The minimum absolute atomic E-state index is 0.0713. The molecule has 10 aromatic carbocycles. The Labute approximate surface area is 767 Å². The number of fused-ring (bicyclic) bond motifs is 26. The molecule has 0 fully saturated rings. The predicted molar refractivity (Wildman–Crippen MR) is 532 cm³/mol. The molecule has 0 radical (unpaired) electrons. The van der Waals surface area contributed by atoms with E-state index in [4.69, 9.17) is 26.8 Å². The second-order valence-electron chi connectivity index (χ2n) is 31.8. The molecule has 7 aliphatic heterocycles. The number of hydrogen-bond donors (Lipinski definition) is 0. The maximum absolute atomic E-state index is 11.6. The molecule has 0 aliphatic carbocycles. The van der Waals surface area contributed by atoms with Crippen LogP contribution >= 0.6 is 70.6 Å². The lowest BCUT2D eigenvalue weighted by Crippen LogP contribution is -2.18. The summed E-state index contributed by atoms with van der Waals surface area (Å²) in [5, 5.41) is 16.2. The van der Waals surface area contributed by atoms with Crippen LogP contribution in [0.4, 0.5) is 34.1 Å². The number of aryl methyl sites for hydroxylation is 4. The van der Waals surface area contributed by atoms with Crippen LogP contribution < -0.4 is 34.1 Å². The van der Waals surface area contributed by atoms with Gasteiger partial charge in [0, 0.05) is 144 Å². The molecule has 0 bridgehead atoms. The van der Waals surface area contributed by atoms with Crippen LogP contribution in [0.1, 0.15) is 111 Å². The molecular formula is C104H96N6O12S6. The summed E-state index contributed by atoms with van der Waals surface area (Å²) in [6.45, 7) is 36.3. The van der Waals surface area contributed by atoms with Gasteiger partial charge in [0.25, 0.3) is 0 Å². The molecule has 0 spiro atoms. The van der Waals surface area contributed by atoms with Crippen molar-refractivity contribution < 1.29 is 55.6 Å². The van der Waals surface area contributed by atoms with E-state index in [1.165, 1.54) is 62.9 Å². The highest BCUT2D eigenvalue weighted by atomic mass is 32.2. The standard InChI is InChI=1S/C20H19NO2S.2C19H17NO2S.C18H15NO2S.C14H15NO2S.C14H13NO2S/c1-5-21-18(10-13(4)22)24-17-7-6-15-19(20(17)21)14-8-11(2)12(3)9-16(14)23-15;1-4-20-17(10-12(3)21)23-16-8-7-15-18(19(16)20)13-9-11(2)5-6-14(13)22-15;1-4-20-17(10-12(3)21)23-16-8-7-14-18(19(16)20)13-6-5-11(2)9-15(13)22-14;1-3-19-16(10-11(2)20)22-15-9-8-14-17(18(15)19)12-6-4-5-7-13(12)21-14;2*1-3-15-13(8-9(2)16)18-12-5-4-11-10(14(12)15)6-7-17-11/h6-10H,5H2,1-4H3;2*5-10H,4H2,1-3H3;4-10H,3H2,1-2H3;4-5,8H,3,6-7H2,1-2H3;4-8H,3H2,1-2H3/b18-10-;2*17-10-;16-10-;2*13-8-. The van der Waals surface area contributed by atoms with Crippen LogP contribution in [0.3, 0.4) is 0 Å². The van der Waals surface area contributed by atoms with Gasteiger partial charge in [-0.3, -0.25) is 28.8 Å². The van der Waals surface area contributed by atoms with E-state index in [1.54, 1.807) is 155 Å². The van der Waals surface area contributed by atoms with E-state index in [0.29, 0.717) is 0 Å². The van der Waals surface area contributed by atoms with Gasteiger partial charge in [0.05, 0.1) is 98.7 Å². The summed E-state index contributed by atoms with van der Waals surface area (Å²) in [6.07, 6.45) is 12.9. The van der Waals surface area contributed by atoms with Crippen LogP contribution in [-0.4, -0.2) is 80.6 Å². The van der Waals surface area contributed by atoms with E-state index in [9.17, 15) is 28.8 Å². The Kier molecular flexibility index (Phi) is 25.3. The lowest BCUT2D eigenvalue weighted by molar-refractivity contribution is -0.113. The predicted octanol–water partition coefficient (Wildman–Crippen LogP) is 27.8. The number of thioether (sulfide) groups is 6. The monoisotopic (exact) mass is 1810 g/mol. The summed E-state index contributed by atoms with van der Waals surface area (Å²) in [5.41, 5.74) is 21.3. The molecule has 0 saturated carbocycles. The molecule has 18 nitrogen and oxygen atoms in total. The smallest absolute Gasteiger partial charge is 0.155 e. The molecule has 0 saturated heterocycles. The Morgan fingerprint density at radius 3 is 1.06 bits per heavy atom. The third-order valence-electron chi connectivity index (χ3n) is 22.9. The van der Waals surface area contributed by atoms with Crippen molar-refractivity contribution in [2.45, 2.75) is 147 Å². The fourth-order valence-electron chi connectivity index (χ4n) is 17.4. The molecule has 0 N–H and O–H groups in total. The van der Waals surface area contributed by atoms with Crippen molar-refractivity contribution in [3.63, 3.8) is 0 Å². The van der Waals surface area contributed by atoms with Crippen molar-refractivity contribution in [2.24, 2.45) is 0 Å². The fraction of sp³-hybridized carbons (Fsp3) is 0.231. The molecule has 22 rings (SSSR count). The number of ether oxygens (including phenoxy) is 1. The van der Waals surface area contributed by atoms with Gasteiger partial charge in [0.1, 0.15) is 56.0 Å². The lowest BCUT2D eigenvalue weighted by atomic mass is 10.0. The van der Waals surface area contributed by atoms with Crippen LogP contribution in [0.15, 0.2) is 276 Å². The van der Waals surface area contributed by atoms with Gasteiger partial charge in [-0.1, -0.05) is 113 Å². The first kappa shape index (κ1) is 88.1. The van der Waals surface area contributed by atoms with Crippen molar-refractivity contribution in [1.29, 1.82) is 0 Å². The summed E-state index contributed by atoms with van der Waals surface area (Å²) in [7, 11) is 0. The van der Waals surface area contributed by atoms with E-state index in [2.05, 4.69) is 184 Å². The van der Waals surface area contributed by atoms with Gasteiger partial charge in [0.2, 0.25) is 0 Å². The molecule has 128 heavy (non-hydrogen) atoms. The molecule has 0 amide bonds. The summed E-state index contributed by atoms with van der Waals surface area (Å²) in [5.74, 6) is 1.46. The zero-order valence-corrected chi connectivity index (χ0v) is 79.1. The third-order valence-corrected chi connectivity index (χ3v) is 29.4. The number of anilines is 6. The maximum atomic E-state index is 11.6. The topological polar surface area (TPSA) is 197 Å². The number of benzene rings is 10. The molecule has 24 heteroatoms. The van der Waals surface area contributed by atoms with Crippen LogP contribution in [0.25, 0.3) is 98.7 Å². The molecule has 12 heterocycles. The molecule has 0 atom stereocenters. The van der Waals surface area contributed by atoms with Gasteiger partial charge >= 0.3 is 0 Å². The molecule has 0 unspecified atom stereocenters. The van der Waals surface area contributed by atoms with E-state index in [0.717, 1.165) is 215 Å². The minimum atomic E-state index is 0.0713. The highest BCUT2D eigenvalue weighted by molar-refractivity contribution is 8.05. The van der Waals surface area contributed by atoms with Crippen LogP contribution in [0.5, 0.6) is 5.75 Å². The van der Waals surface area contributed by atoms with Gasteiger partial charge in [-0.05, 0) is 243 Å². The molecule has 7 aliphatic rings. The number of ketones is 6. The summed E-state index contributed by atoms with van der Waals surface area (Å²) >= 11 is 9.92. The third kappa shape index (κ3) is 16.8.